The number of rotatable bonds is 4. The van der Waals surface area contributed by atoms with E-state index in [2.05, 4.69) is 30.4 Å². The summed E-state index contributed by atoms with van der Waals surface area (Å²) in [6.45, 7) is 2.06. The molecule has 0 amide bonds. The highest BCUT2D eigenvalue weighted by atomic mass is 16.5. The minimum absolute atomic E-state index is 0.247. The highest BCUT2D eigenvalue weighted by Crippen LogP contribution is 2.28. The summed E-state index contributed by atoms with van der Waals surface area (Å²) in [5.41, 5.74) is 1.88. The molecule has 9 heteroatoms. The van der Waals surface area contributed by atoms with Crippen LogP contribution in [0.25, 0.3) is 27.9 Å². The van der Waals surface area contributed by atoms with Gasteiger partial charge in [-0.25, -0.2) is 0 Å². The summed E-state index contributed by atoms with van der Waals surface area (Å²) >= 11 is 0. The molecule has 1 aromatic carbocycles. The molecule has 0 N–H and O–H groups in total. The summed E-state index contributed by atoms with van der Waals surface area (Å²) in [6, 6.07) is 9.53. The van der Waals surface area contributed by atoms with Gasteiger partial charge in [-0.15, -0.1) is 15.3 Å². The summed E-state index contributed by atoms with van der Waals surface area (Å²) in [5, 5.41) is 18.9. The second-order valence-corrected chi connectivity index (χ2v) is 5.92. The normalized spacial score (nSPS) is 11.3. The Hall–Kier alpha value is -3.88. The van der Waals surface area contributed by atoms with Crippen molar-refractivity contribution in [3.05, 3.63) is 60.4 Å². The van der Waals surface area contributed by atoms with Crippen molar-refractivity contribution in [2.45, 2.75) is 13.5 Å². The summed E-state index contributed by atoms with van der Waals surface area (Å²) in [7, 11) is 0. The van der Waals surface area contributed by atoms with Crippen LogP contribution >= 0.6 is 0 Å². The van der Waals surface area contributed by atoms with Crippen molar-refractivity contribution in [2.24, 2.45) is 0 Å². The molecule has 4 heterocycles. The van der Waals surface area contributed by atoms with Crippen LogP contribution in [0.15, 0.2) is 53.4 Å². The fraction of sp³-hybridized carbons (Fsp3) is 0.111. The van der Waals surface area contributed by atoms with Crippen molar-refractivity contribution in [2.75, 3.05) is 0 Å². The van der Waals surface area contributed by atoms with Crippen LogP contribution < -0.4 is 4.74 Å². The Morgan fingerprint density at radius 3 is 2.78 bits per heavy atom. The first kappa shape index (κ1) is 15.4. The van der Waals surface area contributed by atoms with Crippen molar-refractivity contribution >= 4 is 16.4 Å². The van der Waals surface area contributed by atoms with Gasteiger partial charge in [0.15, 0.2) is 11.3 Å². The van der Waals surface area contributed by atoms with Gasteiger partial charge in [-0.3, -0.25) is 9.97 Å². The van der Waals surface area contributed by atoms with Gasteiger partial charge in [0, 0.05) is 29.2 Å². The number of ether oxygens (including phenoxy) is 1. The molecule has 0 aliphatic heterocycles. The van der Waals surface area contributed by atoms with Gasteiger partial charge in [-0.2, -0.15) is 4.52 Å². The van der Waals surface area contributed by atoms with E-state index in [-0.39, 0.29) is 6.61 Å². The van der Waals surface area contributed by atoms with Gasteiger partial charge in [0.05, 0.1) is 11.9 Å². The predicted molar refractivity (Wildman–Crippen MR) is 94.9 cm³/mol. The molecule has 0 atom stereocenters. The summed E-state index contributed by atoms with van der Waals surface area (Å²) < 4.78 is 12.7. The van der Waals surface area contributed by atoms with Crippen LogP contribution in [0.1, 0.15) is 11.5 Å². The summed E-state index contributed by atoms with van der Waals surface area (Å²) in [4.78, 5) is 8.28. The minimum Gasteiger partial charge on any atom is -0.470 e. The smallest absolute Gasteiger partial charge is 0.240 e. The number of nitrogens with zero attached hydrogens (tertiary/aromatic N) is 7. The third-order valence-electron chi connectivity index (χ3n) is 4.06. The van der Waals surface area contributed by atoms with E-state index in [9.17, 15) is 0 Å². The van der Waals surface area contributed by atoms with Crippen LogP contribution in [-0.4, -0.2) is 34.9 Å². The Morgan fingerprint density at radius 1 is 1.11 bits per heavy atom. The van der Waals surface area contributed by atoms with Gasteiger partial charge in [0.25, 0.3) is 0 Å². The highest BCUT2D eigenvalue weighted by molar-refractivity contribution is 5.96. The zero-order valence-corrected chi connectivity index (χ0v) is 14.3. The lowest BCUT2D eigenvalue weighted by Gasteiger charge is -2.09. The van der Waals surface area contributed by atoms with Crippen LogP contribution in [0, 0.1) is 6.92 Å². The van der Waals surface area contributed by atoms with Crippen molar-refractivity contribution < 1.29 is 9.26 Å². The maximum Gasteiger partial charge on any atom is 0.240 e. The quantitative estimate of drug-likeness (QED) is 0.482. The summed E-state index contributed by atoms with van der Waals surface area (Å²) in [6.07, 6.45) is 4.90. The van der Waals surface area contributed by atoms with Gasteiger partial charge in [0.2, 0.25) is 11.7 Å². The van der Waals surface area contributed by atoms with Crippen molar-refractivity contribution in [3.8, 4) is 17.4 Å². The lowest BCUT2D eigenvalue weighted by Crippen LogP contribution is -2.04. The van der Waals surface area contributed by atoms with Crippen LogP contribution in [0.4, 0.5) is 0 Å². The number of aryl methyl sites for hydroxylation is 1. The summed E-state index contributed by atoms with van der Waals surface area (Å²) in [5.74, 6) is 1.61. The van der Waals surface area contributed by atoms with Crippen molar-refractivity contribution in [1.82, 2.24) is 34.9 Å². The molecule has 5 aromatic rings. The van der Waals surface area contributed by atoms with Gasteiger partial charge in [-0.05, 0) is 13.0 Å². The van der Waals surface area contributed by atoms with Gasteiger partial charge in [-0.1, -0.05) is 23.4 Å². The van der Waals surface area contributed by atoms with Crippen molar-refractivity contribution in [1.29, 1.82) is 0 Å². The molecule has 0 fully saturated rings. The zero-order chi connectivity index (χ0) is 18.2. The molecule has 132 valence electrons. The molecule has 0 aliphatic carbocycles. The minimum atomic E-state index is 0.247. The van der Waals surface area contributed by atoms with E-state index in [1.807, 2.05) is 31.2 Å². The zero-order valence-electron chi connectivity index (χ0n) is 14.3. The lowest BCUT2D eigenvalue weighted by molar-refractivity contribution is 0.288. The molecular formula is C18H13N7O2. The molecule has 5 rings (SSSR count). The van der Waals surface area contributed by atoms with Gasteiger partial charge >= 0.3 is 0 Å². The standard InChI is InChI=1S/C18H13N7O2/c1-11-8-15(24-27-11)17-22-21-16-13-4-2-3-5-14(13)18(23-25(16)17)26-10-12-9-19-6-7-20-12/h2-9H,10H2,1H3. The molecule has 0 saturated heterocycles. The predicted octanol–water partition coefficient (Wildman–Crippen LogP) is 2.61. The highest BCUT2D eigenvalue weighted by Gasteiger charge is 2.18. The maximum absolute atomic E-state index is 5.95. The number of aromatic nitrogens is 7. The molecule has 0 radical (unpaired) electrons. The van der Waals surface area contributed by atoms with Crippen molar-refractivity contribution in [3.63, 3.8) is 0 Å². The van der Waals surface area contributed by atoms with E-state index in [0.717, 1.165) is 10.8 Å². The molecule has 0 aliphatic rings. The van der Waals surface area contributed by atoms with E-state index in [1.54, 1.807) is 29.2 Å². The first-order valence-corrected chi connectivity index (χ1v) is 8.25. The Bertz CT molecular complexity index is 1250. The number of hydrogen-bond acceptors (Lipinski definition) is 8. The first-order chi connectivity index (χ1) is 13.3. The van der Waals surface area contributed by atoms with E-state index in [0.29, 0.717) is 34.5 Å². The third-order valence-corrected chi connectivity index (χ3v) is 4.06. The fourth-order valence-corrected chi connectivity index (χ4v) is 2.84. The van der Waals surface area contributed by atoms with Crippen LogP contribution in [-0.2, 0) is 6.61 Å². The Kier molecular flexibility index (Phi) is 3.49. The molecule has 0 saturated carbocycles. The van der Waals surface area contributed by atoms with E-state index in [4.69, 9.17) is 9.26 Å². The molecular weight excluding hydrogens is 346 g/mol. The molecule has 9 nitrogen and oxygen atoms in total. The molecule has 0 spiro atoms. The number of hydrogen-bond donors (Lipinski definition) is 0. The van der Waals surface area contributed by atoms with Crippen LogP contribution in [0.2, 0.25) is 0 Å². The maximum atomic E-state index is 5.95. The van der Waals surface area contributed by atoms with E-state index < -0.39 is 0 Å². The lowest BCUT2D eigenvalue weighted by atomic mass is 10.2. The van der Waals surface area contributed by atoms with E-state index >= 15 is 0 Å². The Morgan fingerprint density at radius 2 is 2.00 bits per heavy atom. The van der Waals surface area contributed by atoms with Gasteiger partial charge in [0.1, 0.15) is 12.4 Å². The Labute approximate surface area is 152 Å². The van der Waals surface area contributed by atoms with Gasteiger partial charge < -0.3 is 9.26 Å². The monoisotopic (exact) mass is 359 g/mol. The topological polar surface area (TPSA) is 104 Å². The number of benzene rings is 1. The fourth-order valence-electron chi connectivity index (χ4n) is 2.84. The SMILES string of the molecule is Cc1cc(-c2nnc3c4ccccc4c(OCc4cnccn4)nn23)no1. The largest absolute Gasteiger partial charge is 0.470 e. The van der Waals surface area contributed by atoms with Crippen LogP contribution in [0.3, 0.4) is 0 Å². The second-order valence-electron chi connectivity index (χ2n) is 5.92. The first-order valence-electron chi connectivity index (χ1n) is 8.25. The average Bonchev–Trinajstić information content (AvgIpc) is 3.33. The Balaban J connectivity index is 1.66. The third kappa shape index (κ3) is 2.65. The molecule has 27 heavy (non-hydrogen) atoms. The van der Waals surface area contributed by atoms with Crippen LogP contribution in [0.5, 0.6) is 5.88 Å². The number of fused-ring (bicyclic) bond motifs is 3. The molecule has 0 unspecified atom stereocenters. The second kappa shape index (κ2) is 6.13. The van der Waals surface area contributed by atoms with E-state index in [1.165, 1.54) is 0 Å². The molecule has 0 bridgehead atoms. The average molecular weight is 359 g/mol. The molecule has 4 aromatic heterocycles.